The SMILES string of the molecule is CCOc1ccc(Cc2cc([C@@H]3C(=O)[C@H](CC)[C@@H](C)[C@H](OCc4ccccc4)[C@H]3OCc3ccccc3)ccc2Cl)cc1.CCOc1ccc(Cc2cc([C@H]3[C@H](OCc4ccccc4)[C@@H](OCc4ccccc4)[C@H](C)[C@@H](CC)C3(F)F)ccc2Cl)cc1. The molecule has 0 bridgehead atoms. The third-order valence-electron chi connectivity index (χ3n) is 17.3. The molecular formula is C76H82Cl2F2O7. The minimum absolute atomic E-state index is 0.00820. The maximum Gasteiger partial charge on any atom is 0.260 e. The summed E-state index contributed by atoms with van der Waals surface area (Å²) in [6, 6.07) is 67.0. The van der Waals surface area contributed by atoms with Crippen molar-refractivity contribution in [2.75, 3.05) is 13.2 Å². The van der Waals surface area contributed by atoms with E-state index in [2.05, 4.69) is 56.3 Å². The highest BCUT2D eigenvalue weighted by atomic mass is 35.5. The van der Waals surface area contributed by atoms with E-state index in [1.165, 1.54) is 0 Å². The number of alkyl halides is 2. The van der Waals surface area contributed by atoms with E-state index in [0.717, 1.165) is 68.0 Å². The highest BCUT2D eigenvalue weighted by Crippen LogP contribution is 2.54. The van der Waals surface area contributed by atoms with Crippen LogP contribution in [0.4, 0.5) is 8.78 Å². The van der Waals surface area contributed by atoms with Gasteiger partial charge in [-0.15, -0.1) is 0 Å². The molecule has 11 heteroatoms. The second-order valence-electron chi connectivity index (χ2n) is 23.0. The Morgan fingerprint density at radius 3 is 1.21 bits per heavy atom. The second-order valence-corrected chi connectivity index (χ2v) is 23.8. The normalized spacial score (nSPS) is 22.4. The number of hydrogen-bond donors (Lipinski definition) is 0. The Labute approximate surface area is 524 Å². The van der Waals surface area contributed by atoms with E-state index >= 15 is 8.78 Å². The summed E-state index contributed by atoms with van der Waals surface area (Å²) in [5.41, 5.74) is 9.42. The van der Waals surface area contributed by atoms with Gasteiger partial charge in [0.1, 0.15) is 17.3 Å². The van der Waals surface area contributed by atoms with Crippen molar-refractivity contribution in [2.45, 2.75) is 136 Å². The number of rotatable bonds is 24. The fraction of sp³-hybridized carbons (Fsp3) is 0.355. The highest BCUT2D eigenvalue weighted by Gasteiger charge is 2.61. The van der Waals surface area contributed by atoms with E-state index in [1.807, 2.05) is 179 Å². The molecule has 0 N–H and O–H groups in total. The molecule has 8 aromatic rings. The van der Waals surface area contributed by atoms with E-state index in [0.29, 0.717) is 67.9 Å². The maximum atomic E-state index is 16.8. The number of halogens is 4. The molecule has 2 aliphatic carbocycles. The summed E-state index contributed by atoms with van der Waals surface area (Å²) in [6.07, 6.45) is 0.0968. The zero-order chi connectivity index (χ0) is 61.3. The predicted octanol–water partition coefficient (Wildman–Crippen LogP) is 18.7. The van der Waals surface area contributed by atoms with Crippen LogP contribution in [-0.2, 0) is 63.0 Å². The molecule has 8 aromatic carbocycles. The molecule has 0 unspecified atom stereocenters. The predicted molar refractivity (Wildman–Crippen MR) is 345 cm³/mol. The van der Waals surface area contributed by atoms with Gasteiger partial charge in [-0.2, -0.15) is 0 Å². The summed E-state index contributed by atoms with van der Waals surface area (Å²) in [5.74, 6) is -4.31. The van der Waals surface area contributed by atoms with Crippen LogP contribution in [0.3, 0.4) is 0 Å². The van der Waals surface area contributed by atoms with Gasteiger partial charge in [0, 0.05) is 21.9 Å². The fourth-order valence-corrected chi connectivity index (χ4v) is 13.2. The number of ether oxygens (including phenoxy) is 6. The summed E-state index contributed by atoms with van der Waals surface area (Å²) in [4.78, 5) is 14.3. The van der Waals surface area contributed by atoms with Crippen LogP contribution in [0.25, 0.3) is 0 Å². The second kappa shape index (κ2) is 31.5. The minimum Gasteiger partial charge on any atom is -0.494 e. The van der Waals surface area contributed by atoms with Crippen LogP contribution >= 0.6 is 23.2 Å². The van der Waals surface area contributed by atoms with Gasteiger partial charge >= 0.3 is 0 Å². The molecule has 0 spiro atoms. The van der Waals surface area contributed by atoms with Crippen molar-refractivity contribution in [3.05, 3.63) is 272 Å². The van der Waals surface area contributed by atoms with Crippen LogP contribution < -0.4 is 9.47 Å². The van der Waals surface area contributed by atoms with Gasteiger partial charge in [-0.05, 0) is 143 Å². The van der Waals surface area contributed by atoms with Crippen LogP contribution in [0.1, 0.15) is 122 Å². The molecule has 10 atom stereocenters. The standard InChI is InChI=1S/C38H41ClF2O3.C38H41ClO4/c1-4-33-26(3)36(43-24-28-12-8-6-9-13-28)37(44-25-29-14-10-7-11-15-29)35(38(33,40)41)30-18-21-34(39)31(23-30)22-27-16-19-32(20-17-27)42-5-2;1-4-33-26(3)37(42-24-28-12-8-6-9-13-28)38(43-25-29-14-10-7-11-15-29)35(36(33)40)30-18-21-34(39)31(23-30)22-27-16-19-32(20-17-27)41-5-2/h6-21,23,26,33,35-37H,4-5,22,24-25H2,1-3H3;6-21,23,26,33,35,37-38H,4-5,22,24-25H2,1-3H3/t26-,33-,35+,36+,37+;26-,33-,35-,37+,38+/m11/s1. The maximum absolute atomic E-state index is 16.8. The van der Waals surface area contributed by atoms with E-state index in [-0.39, 0.29) is 30.3 Å². The summed E-state index contributed by atoms with van der Waals surface area (Å²) < 4.78 is 71.2. The zero-order valence-electron chi connectivity index (χ0n) is 50.8. The number of benzene rings is 8. The first kappa shape index (κ1) is 64.8. The first-order chi connectivity index (χ1) is 42.3. The molecule has 2 aliphatic rings. The Morgan fingerprint density at radius 1 is 0.425 bits per heavy atom. The van der Waals surface area contributed by atoms with Gasteiger partial charge in [-0.1, -0.05) is 221 Å². The lowest BCUT2D eigenvalue weighted by Crippen LogP contribution is -2.58. The molecular weight excluding hydrogens is 1130 g/mol. The van der Waals surface area contributed by atoms with Crippen molar-refractivity contribution in [3.8, 4) is 11.5 Å². The fourth-order valence-electron chi connectivity index (χ4n) is 12.8. The van der Waals surface area contributed by atoms with E-state index in [1.54, 1.807) is 12.1 Å². The molecule has 87 heavy (non-hydrogen) atoms. The quantitative estimate of drug-likeness (QED) is 0.0597. The smallest absolute Gasteiger partial charge is 0.260 e. The minimum atomic E-state index is -3.04. The summed E-state index contributed by atoms with van der Waals surface area (Å²) in [7, 11) is 0. The van der Waals surface area contributed by atoms with Crippen molar-refractivity contribution in [2.24, 2.45) is 23.7 Å². The first-order valence-electron chi connectivity index (χ1n) is 30.8. The molecule has 0 amide bonds. The Bertz CT molecular complexity index is 3370. The molecule has 0 saturated heterocycles. The monoisotopic (exact) mass is 1210 g/mol. The van der Waals surface area contributed by atoms with Crippen LogP contribution in [0, 0.1) is 23.7 Å². The van der Waals surface area contributed by atoms with Crippen LogP contribution in [0.5, 0.6) is 11.5 Å². The average molecular weight is 1220 g/mol. The molecule has 2 saturated carbocycles. The first-order valence-corrected chi connectivity index (χ1v) is 31.6. The van der Waals surface area contributed by atoms with Crippen molar-refractivity contribution in [1.82, 2.24) is 0 Å². The van der Waals surface area contributed by atoms with Gasteiger partial charge in [0.25, 0.3) is 5.92 Å². The Kier molecular flexibility index (Phi) is 23.4. The highest BCUT2D eigenvalue weighted by molar-refractivity contribution is 6.31. The number of carbonyl (C=O) groups is 1. The van der Waals surface area contributed by atoms with E-state index in [9.17, 15) is 4.79 Å². The van der Waals surface area contributed by atoms with Crippen molar-refractivity contribution in [1.29, 1.82) is 0 Å². The largest absolute Gasteiger partial charge is 0.494 e. The Hall–Kier alpha value is -6.69. The lowest BCUT2D eigenvalue weighted by Gasteiger charge is -2.50. The lowest BCUT2D eigenvalue weighted by molar-refractivity contribution is -0.231. The molecule has 2 fully saturated rings. The Morgan fingerprint density at radius 2 is 0.805 bits per heavy atom. The van der Waals surface area contributed by atoms with Crippen LogP contribution in [-0.4, -0.2) is 49.3 Å². The number of carbonyl (C=O) groups excluding carboxylic acids is 1. The van der Waals surface area contributed by atoms with Gasteiger partial charge in [0.2, 0.25) is 0 Å². The molecule has 0 heterocycles. The Balaban J connectivity index is 0.000000208. The number of Topliss-reactive ketones (excluding diaryl/α,β-unsaturated/α-hetero) is 1. The van der Waals surface area contributed by atoms with Gasteiger partial charge < -0.3 is 28.4 Å². The zero-order valence-corrected chi connectivity index (χ0v) is 52.4. The number of ketones is 1. The van der Waals surface area contributed by atoms with Crippen molar-refractivity contribution < 1.29 is 42.0 Å². The van der Waals surface area contributed by atoms with Gasteiger partial charge in [0.05, 0.1) is 75.9 Å². The van der Waals surface area contributed by atoms with Gasteiger partial charge in [-0.25, -0.2) is 8.78 Å². The average Bonchev–Trinajstić information content (AvgIpc) is 3.29. The third kappa shape index (κ3) is 16.5. The summed E-state index contributed by atoms with van der Waals surface area (Å²) >= 11 is 13.4. The molecule has 456 valence electrons. The van der Waals surface area contributed by atoms with Crippen molar-refractivity contribution >= 4 is 29.0 Å². The molecule has 7 nitrogen and oxygen atoms in total. The van der Waals surface area contributed by atoms with Gasteiger partial charge in [0.15, 0.2) is 0 Å². The van der Waals surface area contributed by atoms with E-state index < -0.39 is 47.9 Å². The third-order valence-corrected chi connectivity index (χ3v) is 18.1. The van der Waals surface area contributed by atoms with Crippen LogP contribution in [0.2, 0.25) is 10.0 Å². The summed E-state index contributed by atoms with van der Waals surface area (Å²) in [6.45, 7) is 14.5. The molecule has 10 rings (SSSR count). The van der Waals surface area contributed by atoms with Crippen LogP contribution in [0.15, 0.2) is 206 Å². The van der Waals surface area contributed by atoms with Crippen molar-refractivity contribution in [3.63, 3.8) is 0 Å². The summed E-state index contributed by atoms with van der Waals surface area (Å²) in [5, 5.41) is 1.22. The molecule has 0 aromatic heterocycles. The molecule has 0 radical (unpaired) electrons. The van der Waals surface area contributed by atoms with Gasteiger partial charge in [-0.3, -0.25) is 4.79 Å². The topological polar surface area (TPSA) is 72.5 Å². The molecule has 0 aliphatic heterocycles. The number of hydrogen-bond acceptors (Lipinski definition) is 7. The lowest BCUT2D eigenvalue weighted by atomic mass is 9.65. The van der Waals surface area contributed by atoms with E-state index in [4.69, 9.17) is 51.6 Å².